The molecule has 0 saturated carbocycles. The van der Waals surface area contributed by atoms with Gasteiger partial charge in [0.25, 0.3) is 0 Å². The number of piperidine rings is 1. The molecule has 5 heterocycles. The van der Waals surface area contributed by atoms with Crippen LogP contribution >= 0.6 is 0 Å². The Morgan fingerprint density at radius 1 is 1.09 bits per heavy atom. The predicted octanol–water partition coefficient (Wildman–Crippen LogP) is 3.73. The van der Waals surface area contributed by atoms with E-state index in [0.717, 1.165) is 44.6 Å². The van der Waals surface area contributed by atoms with Crippen molar-refractivity contribution in [2.45, 2.75) is 37.9 Å². The van der Waals surface area contributed by atoms with E-state index >= 15 is 0 Å². The van der Waals surface area contributed by atoms with Crippen molar-refractivity contribution in [1.82, 2.24) is 29.2 Å². The summed E-state index contributed by atoms with van der Waals surface area (Å²) in [5.74, 6) is 0.823. The summed E-state index contributed by atoms with van der Waals surface area (Å²) in [5, 5.41) is 12.7. The van der Waals surface area contributed by atoms with Gasteiger partial charge >= 0.3 is 12.3 Å². The number of imidazole rings is 1. The number of carbonyl (C=O) groups is 1. The van der Waals surface area contributed by atoms with Crippen molar-refractivity contribution in [3.63, 3.8) is 0 Å². The van der Waals surface area contributed by atoms with Crippen molar-refractivity contribution >= 4 is 29.2 Å². The summed E-state index contributed by atoms with van der Waals surface area (Å²) in [4.78, 5) is 31.8. The SMILES string of the molecule is O=C(O)N1CCCC=C1c1nccn2c(N3CCCC(Nc4ncc(C(F)(F)F)cn4)C3)ncc12. The van der Waals surface area contributed by atoms with Gasteiger partial charge in [0.15, 0.2) is 0 Å². The Labute approximate surface area is 198 Å². The molecule has 2 aliphatic heterocycles. The van der Waals surface area contributed by atoms with Gasteiger partial charge in [0.1, 0.15) is 5.69 Å². The molecule has 3 aromatic rings. The van der Waals surface area contributed by atoms with Crippen LogP contribution in [0.1, 0.15) is 36.9 Å². The average molecular weight is 488 g/mol. The minimum absolute atomic E-state index is 0.0855. The van der Waals surface area contributed by atoms with Crippen LogP contribution in [0.5, 0.6) is 0 Å². The first-order valence-electron chi connectivity index (χ1n) is 11.2. The first-order chi connectivity index (χ1) is 16.8. The van der Waals surface area contributed by atoms with Crippen LogP contribution in [-0.4, -0.2) is 66.1 Å². The molecule has 3 aromatic heterocycles. The number of alkyl halides is 3. The van der Waals surface area contributed by atoms with Crippen LogP contribution in [0.2, 0.25) is 0 Å². The third-order valence-electron chi connectivity index (χ3n) is 6.14. The van der Waals surface area contributed by atoms with Gasteiger partial charge < -0.3 is 15.3 Å². The molecule has 5 rings (SSSR count). The van der Waals surface area contributed by atoms with Gasteiger partial charge in [-0.25, -0.2) is 19.7 Å². The Hall–Kier alpha value is -3.90. The third-order valence-corrected chi connectivity index (χ3v) is 6.14. The van der Waals surface area contributed by atoms with E-state index in [1.807, 2.05) is 10.5 Å². The first-order valence-corrected chi connectivity index (χ1v) is 11.2. The van der Waals surface area contributed by atoms with Gasteiger partial charge in [-0.05, 0) is 25.7 Å². The zero-order valence-electron chi connectivity index (χ0n) is 18.6. The molecule has 1 amide bonds. The topological polar surface area (TPSA) is 112 Å². The van der Waals surface area contributed by atoms with E-state index in [0.29, 0.717) is 35.9 Å². The monoisotopic (exact) mass is 488 g/mol. The standard InChI is InChI=1S/C22H23F3N8O2/c23-22(24,25)14-10-27-19(28-11-14)30-15-4-3-7-31(13-15)20-29-12-17-18(26-6-9-32(17)20)16-5-1-2-8-33(16)21(34)35/h5-6,9-12,15H,1-4,7-8,13H2,(H,34,35)(H,27,28,30). The molecule has 1 fully saturated rings. The zero-order valence-corrected chi connectivity index (χ0v) is 18.6. The van der Waals surface area contributed by atoms with Crippen LogP contribution in [0.3, 0.4) is 0 Å². The maximum atomic E-state index is 12.8. The van der Waals surface area contributed by atoms with Crippen molar-refractivity contribution in [3.8, 4) is 0 Å². The van der Waals surface area contributed by atoms with Crippen LogP contribution in [0, 0.1) is 0 Å². The fourth-order valence-corrected chi connectivity index (χ4v) is 4.50. The number of halogens is 3. The Morgan fingerprint density at radius 3 is 2.63 bits per heavy atom. The second kappa shape index (κ2) is 9.04. The van der Waals surface area contributed by atoms with Gasteiger partial charge in [0, 0.05) is 50.5 Å². The van der Waals surface area contributed by atoms with Crippen molar-refractivity contribution in [1.29, 1.82) is 0 Å². The van der Waals surface area contributed by atoms with Crippen molar-refractivity contribution < 1.29 is 23.1 Å². The number of hydrogen-bond donors (Lipinski definition) is 2. The van der Waals surface area contributed by atoms with Gasteiger partial charge in [-0.2, -0.15) is 13.2 Å². The minimum atomic E-state index is -4.48. The smallest absolute Gasteiger partial charge is 0.419 e. The molecule has 1 saturated heterocycles. The molecule has 35 heavy (non-hydrogen) atoms. The zero-order chi connectivity index (χ0) is 24.6. The summed E-state index contributed by atoms with van der Waals surface area (Å²) in [6.45, 7) is 1.70. The van der Waals surface area contributed by atoms with Crippen molar-refractivity contribution in [3.05, 3.63) is 48.3 Å². The van der Waals surface area contributed by atoms with Crippen molar-refractivity contribution in [2.24, 2.45) is 0 Å². The van der Waals surface area contributed by atoms with Gasteiger partial charge in [-0.3, -0.25) is 14.3 Å². The lowest BCUT2D eigenvalue weighted by atomic mass is 10.1. The first kappa shape index (κ1) is 22.9. The maximum absolute atomic E-state index is 12.8. The van der Waals surface area contributed by atoms with Crippen molar-refractivity contribution in [2.75, 3.05) is 29.9 Å². The van der Waals surface area contributed by atoms with Crippen LogP contribution in [0.25, 0.3) is 11.2 Å². The van der Waals surface area contributed by atoms with E-state index in [4.69, 9.17) is 0 Å². The largest absolute Gasteiger partial charge is 0.465 e. The van der Waals surface area contributed by atoms with Gasteiger partial charge in [-0.1, -0.05) is 6.08 Å². The molecular formula is C22H23F3N8O2. The second-order valence-corrected chi connectivity index (χ2v) is 8.48. The molecule has 13 heteroatoms. The number of hydrogen-bond acceptors (Lipinski definition) is 7. The van der Waals surface area contributed by atoms with E-state index in [2.05, 4.69) is 30.2 Å². The van der Waals surface area contributed by atoms with Crippen LogP contribution in [0.4, 0.5) is 29.9 Å². The lowest BCUT2D eigenvalue weighted by Crippen LogP contribution is -2.43. The highest BCUT2D eigenvalue weighted by Gasteiger charge is 2.32. The van der Waals surface area contributed by atoms with E-state index in [1.165, 1.54) is 4.90 Å². The molecule has 0 spiro atoms. The average Bonchev–Trinajstić information content (AvgIpc) is 3.28. The number of allylic oxidation sites excluding steroid dienone is 1. The van der Waals surface area contributed by atoms with Gasteiger partial charge in [0.05, 0.1) is 23.0 Å². The molecule has 0 radical (unpaired) electrons. The fraction of sp³-hybridized carbons (Fsp3) is 0.409. The van der Waals surface area contributed by atoms with E-state index in [-0.39, 0.29) is 12.0 Å². The molecule has 0 bridgehead atoms. The highest BCUT2D eigenvalue weighted by Crippen LogP contribution is 2.30. The van der Waals surface area contributed by atoms with E-state index < -0.39 is 17.8 Å². The summed E-state index contributed by atoms with van der Waals surface area (Å²) in [6.07, 6.45) is 6.19. The lowest BCUT2D eigenvalue weighted by Gasteiger charge is -2.33. The number of anilines is 2. The molecule has 1 unspecified atom stereocenters. The number of rotatable bonds is 4. The maximum Gasteiger partial charge on any atom is 0.419 e. The number of nitrogens with one attached hydrogen (secondary N) is 1. The summed E-state index contributed by atoms with van der Waals surface area (Å²) in [6, 6.07) is -0.0855. The highest BCUT2D eigenvalue weighted by atomic mass is 19.4. The Morgan fingerprint density at radius 2 is 1.89 bits per heavy atom. The van der Waals surface area contributed by atoms with E-state index in [9.17, 15) is 23.1 Å². The molecule has 0 aromatic carbocycles. The number of aromatic nitrogens is 5. The normalized spacial score (nSPS) is 19.1. The number of fused-ring (bicyclic) bond motifs is 1. The van der Waals surface area contributed by atoms with Crippen LogP contribution < -0.4 is 10.2 Å². The lowest BCUT2D eigenvalue weighted by molar-refractivity contribution is -0.138. The molecule has 10 nitrogen and oxygen atoms in total. The van der Waals surface area contributed by atoms with Crippen LogP contribution in [-0.2, 0) is 6.18 Å². The van der Waals surface area contributed by atoms with Gasteiger partial charge in [-0.15, -0.1) is 0 Å². The Bertz CT molecular complexity index is 1260. The summed E-state index contributed by atoms with van der Waals surface area (Å²) in [7, 11) is 0. The van der Waals surface area contributed by atoms with Gasteiger partial charge in [0.2, 0.25) is 11.9 Å². The number of carboxylic acid groups (broad SMARTS) is 1. The molecule has 184 valence electrons. The number of nitrogens with zero attached hydrogens (tertiary/aromatic N) is 7. The Balaban J connectivity index is 1.37. The molecular weight excluding hydrogens is 465 g/mol. The quantitative estimate of drug-likeness (QED) is 0.572. The molecule has 2 N–H and O–H groups in total. The Kier molecular flexibility index (Phi) is 5.91. The molecule has 1 atom stereocenters. The van der Waals surface area contributed by atoms with E-state index in [1.54, 1.807) is 18.6 Å². The van der Waals surface area contributed by atoms with Crippen LogP contribution in [0.15, 0.2) is 37.1 Å². The number of amides is 1. The summed E-state index contributed by atoms with van der Waals surface area (Å²) in [5.41, 5.74) is 0.913. The summed E-state index contributed by atoms with van der Waals surface area (Å²) >= 11 is 0. The minimum Gasteiger partial charge on any atom is -0.465 e. The highest BCUT2D eigenvalue weighted by molar-refractivity contribution is 5.85. The molecule has 0 aliphatic carbocycles. The molecule has 2 aliphatic rings. The summed E-state index contributed by atoms with van der Waals surface area (Å²) < 4.78 is 40.2. The third kappa shape index (κ3) is 4.57. The second-order valence-electron chi connectivity index (χ2n) is 8.48. The predicted molar refractivity (Wildman–Crippen MR) is 121 cm³/mol. The fourth-order valence-electron chi connectivity index (χ4n) is 4.50.